The highest BCUT2D eigenvalue weighted by Crippen LogP contribution is 2.23. The molecule has 0 N–H and O–H groups in total. The highest BCUT2D eigenvalue weighted by molar-refractivity contribution is 6.32. The van der Waals surface area contributed by atoms with Crippen LogP contribution in [0.2, 0.25) is 5.02 Å². The van der Waals surface area contributed by atoms with Gasteiger partial charge < -0.3 is 19.3 Å². The molecule has 0 radical (unpaired) electrons. The van der Waals surface area contributed by atoms with Crippen LogP contribution in [0.15, 0.2) is 54.6 Å². The number of carbonyl (C=O) groups excluding carboxylic acids is 2. The topological polar surface area (TPSA) is 59.1 Å². The number of piperazine rings is 1. The summed E-state index contributed by atoms with van der Waals surface area (Å²) in [7, 11) is 0. The van der Waals surface area contributed by atoms with E-state index in [4.69, 9.17) is 21.1 Å². The molecule has 0 aromatic heterocycles. The third-order valence-corrected chi connectivity index (χ3v) is 5.03. The van der Waals surface area contributed by atoms with Gasteiger partial charge in [0, 0.05) is 32.6 Å². The van der Waals surface area contributed by atoms with Crippen molar-refractivity contribution >= 4 is 23.4 Å². The van der Waals surface area contributed by atoms with Crippen LogP contribution in [0.5, 0.6) is 11.5 Å². The highest BCUT2D eigenvalue weighted by atomic mass is 35.5. The molecule has 1 aliphatic heterocycles. The molecule has 0 unspecified atom stereocenters. The molecule has 3 rings (SSSR count). The number of halogens is 1. The quantitative estimate of drug-likeness (QED) is 0.620. The molecule has 1 heterocycles. The molecular formula is C22H25ClN2O4. The van der Waals surface area contributed by atoms with Crippen molar-refractivity contribution in [2.24, 2.45) is 0 Å². The standard InChI is InChI=1S/C22H25ClN2O4/c23-19-9-4-5-10-20(19)28-16-6-11-21(26)24-12-14-25(15-13-24)22(27)17-29-18-7-2-1-3-8-18/h1-5,7-10H,6,11-17H2. The van der Waals surface area contributed by atoms with Crippen molar-refractivity contribution in [1.29, 1.82) is 0 Å². The Balaban J connectivity index is 1.32. The molecule has 2 aromatic carbocycles. The van der Waals surface area contributed by atoms with Crippen LogP contribution >= 0.6 is 11.6 Å². The third-order valence-electron chi connectivity index (χ3n) is 4.72. The summed E-state index contributed by atoms with van der Waals surface area (Å²) in [5.41, 5.74) is 0. The number of carbonyl (C=O) groups is 2. The van der Waals surface area contributed by atoms with E-state index in [-0.39, 0.29) is 18.4 Å². The Kier molecular flexibility index (Phi) is 7.76. The summed E-state index contributed by atoms with van der Waals surface area (Å²) < 4.78 is 11.1. The van der Waals surface area contributed by atoms with Crippen LogP contribution in [-0.2, 0) is 9.59 Å². The lowest BCUT2D eigenvalue weighted by molar-refractivity contribution is -0.140. The molecule has 2 aromatic rings. The molecule has 0 aliphatic carbocycles. The van der Waals surface area contributed by atoms with Gasteiger partial charge in [-0.15, -0.1) is 0 Å². The molecule has 2 amide bonds. The van der Waals surface area contributed by atoms with E-state index in [0.717, 1.165) is 0 Å². The molecule has 1 aliphatic rings. The predicted octanol–water partition coefficient (Wildman–Crippen LogP) is 3.25. The van der Waals surface area contributed by atoms with E-state index in [1.165, 1.54) is 0 Å². The summed E-state index contributed by atoms with van der Waals surface area (Å²) >= 11 is 6.04. The summed E-state index contributed by atoms with van der Waals surface area (Å²) in [6.45, 7) is 2.59. The highest BCUT2D eigenvalue weighted by Gasteiger charge is 2.24. The van der Waals surface area contributed by atoms with Crippen molar-refractivity contribution in [1.82, 2.24) is 9.80 Å². The number of amides is 2. The van der Waals surface area contributed by atoms with Crippen molar-refractivity contribution in [2.45, 2.75) is 12.8 Å². The van der Waals surface area contributed by atoms with E-state index in [1.54, 1.807) is 15.9 Å². The van der Waals surface area contributed by atoms with Gasteiger partial charge in [-0.25, -0.2) is 0 Å². The first-order valence-corrected chi connectivity index (χ1v) is 10.1. The first-order chi connectivity index (χ1) is 14.1. The molecule has 29 heavy (non-hydrogen) atoms. The van der Waals surface area contributed by atoms with Crippen LogP contribution in [0.4, 0.5) is 0 Å². The van der Waals surface area contributed by atoms with Gasteiger partial charge in [-0.1, -0.05) is 41.9 Å². The molecule has 0 atom stereocenters. The number of nitrogens with zero attached hydrogens (tertiary/aromatic N) is 2. The maximum atomic E-state index is 12.4. The maximum absolute atomic E-state index is 12.4. The number of hydrogen-bond acceptors (Lipinski definition) is 4. The van der Waals surface area contributed by atoms with Gasteiger partial charge in [-0.2, -0.15) is 0 Å². The second-order valence-electron chi connectivity index (χ2n) is 6.75. The number of benzene rings is 2. The van der Waals surface area contributed by atoms with Gasteiger partial charge >= 0.3 is 0 Å². The maximum Gasteiger partial charge on any atom is 0.260 e. The summed E-state index contributed by atoms with van der Waals surface area (Å²) in [4.78, 5) is 28.2. The summed E-state index contributed by atoms with van der Waals surface area (Å²) in [5.74, 6) is 1.33. The minimum Gasteiger partial charge on any atom is -0.492 e. The van der Waals surface area contributed by atoms with Crippen LogP contribution in [-0.4, -0.2) is 61.0 Å². The molecular weight excluding hydrogens is 392 g/mol. The largest absolute Gasteiger partial charge is 0.492 e. The molecule has 0 bridgehead atoms. The van der Waals surface area contributed by atoms with E-state index >= 15 is 0 Å². The Morgan fingerprint density at radius 2 is 1.45 bits per heavy atom. The summed E-state index contributed by atoms with van der Waals surface area (Å²) in [6, 6.07) is 16.5. The predicted molar refractivity (Wildman–Crippen MR) is 111 cm³/mol. The SMILES string of the molecule is O=C(CCCOc1ccccc1Cl)N1CCN(C(=O)COc2ccccc2)CC1. The van der Waals surface area contributed by atoms with Gasteiger partial charge in [0.25, 0.3) is 5.91 Å². The van der Waals surface area contributed by atoms with Gasteiger partial charge in [-0.3, -0.25) is 9.59 Å². The van der Waals surface area contributed by atoms with E-state index in [2.05, 4.69) is 0 Å². The lowest BCUT2D eigenvalue weighted by Crippen LogP contribution is -2.51. The number of rotatable bonds is 8. The third kappa shape index (κ3) is 6.39. The fourth-order valence-corrected chi connectivity index (χ4v) is 3.27. The van der Waals surface area contributed by atoms with Crippen LogP contribution in [0.1, 0.15) is 12.8 Å². The van der Waals surface area contributed by atoms with Crippen molar-refractivity contribution in [2.75, 3.05) is 39.4 Å². The van der Waals surface area contributed by atoms with Crippen molar-refractivity contribution in [3.8, 4) is 11.5 Å². The van der Waals surface area contributed by atoms with Gasteiger partial charge in [0.2, 0.25) is 5.91 Å². The van der Waals surface area contributed by atoms with Crippen molar-refractivity contribution in [3.05, 3.63) is 59.6 Å². The zero-order valence-electron chi connectivity index (χ0n) is 16.3. The lowest BCUT2D eigenvalue weighted by atomic mass is 10.2. The van der Waals surface area contributed by atoms with Crippen molar-refractivity contribution < 1.29 is 19.1 Å². The zero-order chi connectivity index (χ0) is 20.5. The molecule has 6 nitrogen and oxygen atoms in total. The lowest BCUT2D eigenvalue weighted by Gasteiger charge is -2.34. The normalized spacial score (nSPS) is 13.8. The summed E-state index contributed by atoms with van der Waals surface area (Å²) in [6.07, 6.45) is 1.03. The van der Waals surface area contributed by atoms with Gasteiger partial charge in [-0.05, 0) is 30.7 Å². The smallest absolute Gasteiger partial charge is 0.260 e. The Morgan fingerprint density at radius 3 is 2.14 bits per heavy atom. The average Bonchev–Trinajstić information content (AvgIpc) is 2.77. The molecule has 0 saturated carbocycles. The van der Waals surface area contributed by atoms with E-state index < -0.39 is 0 Å². The van der Waals surface area contributed by atoms with Gasteiger partial charge in [0.05, 0.1) is 11.6 Å². The van der Waals surface area contributed by atoms with Gasteiger partial charge in [0.15, 0.2) is 6.61 Å². The Labute approximate surface area is 176 Å². The van der Waals surface area contributed by atoms with Crippen LogP contribution in [0.25, 0.3) is 0 Å². The average molecular weight is 417 g/mol. The molecule has 154 valence electrons. The first-order valence-electron chi connectivity index (χ1n) is 9.74. The summed E-state index contributed by atoms with van der Waals surface area (Å²) in [5, 5.41) is 0.566. The molecule has 1 saturated heterocycles. The minimum atomic E-state index is -0.0610. The monoisotopic (exact) mass is 416 g/mol. The Hall–Kier alpha value is -2.73. The Bertz CT molecular complexity index is 807. The minimum absolute atomic E-state index is 0.0113. The number of ether oxygens (including phenoxy) is 2. The van der Waals surface area contributed by atoms with Crippen molar-refractivity contribution in [3.63, 3.8) is 0 Å². The molecule has 1 fully saturated rings. The van der Waals surface area contributed by atoms with Crippen LogP contribution < -0.4 is 9.47 Å². The number of hydrogen-bond donors (Lipinski definition) is 0. The van der Waals surface area contributed by atoms with Crippen LogP contribution in [0, 0.1) is 0 Å². The number of para-hydroxylation sites is 2. The van der Waals surface area contributed by atoms with Crippen LogP contribution in [0.3, 0.4) is 0 Å². The zero-order valence-corrected chi connectivity index (χ0v) is 17.0. The molecule has 7 heteroatoms. The van der Waals surface area contributed by atoms with E-state index in [1.807, 2.05) is 48.5 Å². The van der Waals surface area contributed by atoms with Gasteiger partial charge in [0.1, 0.15) is 11.5 Å². The van der Waals surface area contributed by atoms with E-state index in [9.17, 15) is 9.59 Å². The van der Waals surface area contributed by atoms with E-state index in [0.29, 0.717) is 62.1 Å². The molecule has 0 spiro atoms. The second kappa shape index (κ2) is 10.7. The second-order valence-corrected chi connectivity index (χ2v) is 7.15. The first kappa shape index (κ1) is 21.0. The fraction of sp³-hybridized carbons (Fsp3) is 0.364. The fourth-order valence-electron chi connectivity index (χ4n) is 3.08. The Morgan fingerprint density at radius 1 is 0.828 bits per heavy atom.